The Morgan fingerprint density at radius 3 is 2.68 bits per heavy atom. The van der Waals surface area contributed by atoms with E-state index < -0.39 is 0 Å². The number of rotatable bonds is 6. The molecule has 0 unspecified atom stereocenters. The quantitative estimate of drug-likeness (QED) is 0.345. The van der Waals surface area contributed by atoms with E-state index in [1.54, 1.807) is 10.9 Å². The molecule has 5 nitrogen and oxygen atoms in total. The topological polar surface area (TPSA) is 57.0 Å². The lowest BCUT2D eigenvalue weighted by Crippen LogP contribution is -2.20. The van der Waals surface area contributed by atoms with Crippen LogP contribution in [-0.2, 0) is 13.2 Å². The third-order valence-corrected chi connectivity index (χ3v) is 6.91. The van der Waals surface area contributed by atoms with Crippen LogP contribution in [0.25, 0.3) is 20.7 Å². The van der Waals surface area contributed by atoms with Gasteiger partial charge in [0, 0.05) is 10.3 Å². The highest BCUT2D eigenvalue weighted by Gasteiger charge is 2.12. The Bertz CT molecular complexity index is 1390. The molecule has 31 heavy (non-hydrogen) atoms. The maximum atomic E-state index is 13.0. The molecule has 0 bridgehead atoms. The Morgan fingerprint density at radius 1 is 1.06 bits per heavy atom. The molecular formula is C24H19N3O2S2. The lowest BCUT2D eigenvalue weighted by Gasteiger charge is -2.04. The van der Waals surface area contributed by atoms with Gasteiger partial charge < -0.3 is 4.74 Å². The summed E-state index contributed by atoms with van der Waals surface area (Å²) < 4.78 is 8.09. The van der Waals surface area contributed by atoms with Gasteiger partial charge in [-0.15, -0.1) is 22.7 Å². The fraction of sp³-hybridized carbons (Fsp3) is 0.125. The molecule has 0 radical (unpaired) electrons. The van der Waals surface area contributed by atoms with Crippen molar-refractivity contribution in [3.05, 3.63) is 99.0 Å². The number of aromatic nitrogens is 3. The minimum atomic E-state index is -0.0392. The van der Waals surface area contributed by atoms with Gasteiger partial charge in [0.2, 0.25) is 0 Å². The zero-order valence-electron chi connectivity index (χ0n) is 16.8. The van der Waals surface area contributed by atoms with E-state index in [-0.39, 0.29) is 5.56 Å². The van der Waals surface area contributed by atoms with Crippen molar-refractivity contribution in [2.75, 3.05) is 0 Å². The van der Waals surface area contributed by atoms with Crippen LogP contribution in [0.5, 0.6) is 5.75 Å². The van der Waals surface area contributed by atoms with Crippen molar-refractivity contribution in [1.82, 2.24) is 14.5 Å². The first-order chi connectivity index (χ1) is 15.2. The number of thiazole rings is 1. The van der Waals surface area contributed by atoms with Gasteiger partial charge in [-0.05, 0) is 30.7 Å². The number of benzene rings is 2. The van der Waals surface area contributed by atoms with Crippen molar-refractivity contribution in [1.29, 1.82) is 0 Å². The highest BCUT2D eigenvalue weighted by molar-refractivity contribution is 7.22. The summed E-state index contributed by atoms with van der Waals surface area (Å²) in [6.45, 7) is 2.84. The Kier molecular flexibility index (Phi) is 5.36. The Balaban J connectivity index is 1.33. The van der Waals surface area contributed by atoms with Crippen molar-refractivity contribution in [3.63, 3.8) is 0 Å². The minimum absolute atomic E-state index is 0.0392. The number of fused-ring (bicyclic) bond motifs is 1. The number of ether oxygens (including phenoxy) is 1. The van der Waals surface area contributed by atoms with Gasteiger partial charge in [0.25, 0.3) is 5.56 Å². The zero-order valence-corrected chi connectivity index (χ0v) is 18.5. The van der Waals surface area contributed by atoms with Gasteiger partial charge in [0.15, 0.2) is 0 Å². The molecule has 0 amide bonds. The van der Waals surface area contributed by atoms with Gasteiger partial charge in [-0.3, -0.25) is 9.36 Å². The second kappa shape index (κ2) is 8.45. The van der Waals surface area contributed by atoms with E-state index in [4.69, 9.17) is 4.74 Å². The molecule has 3 aromatic heterocycles. The van der Waals surface area contributed by atoms with Crippen LogP contribution in [0.15, 0.2) is 77.2 Å². The summed E-state index contributed by atoms with van der Waals surface area (Å²) in [4.78, 5) is 23.2. The van der Waals surface area contributed by atoms with E-state index in [2.05, 4.69) is 9.97 Å². The summed E-state index contributed by atoms with van der Waals surface area (Å²) in [5, 5.41) is 2.84. The van der Waals surface area contributed by atoms with Gasteiger partial charge in [-0.25, -0.2) is 9.97 Å². The van der Waals surface area contributed by atoms with Gasteiger partial charge >= 0.3 is 0 Å². The Hall–Kier alpha value is -3.29. The number of hydrogen-bond donors (Lipinski definition) is 0. The summed E-state index contributed by atoms with van der Waals surface area (Å²) in [6, 6.07) is 20.0. The third-order valence-electron chi connectivity index (χ3n) is 4.88. The number of thiophene rings is 1. The SMILES string of the molecule is Cc1ccc(OCc2nc(Cn3cnc4cc(-c5ccccc5)sc4c3=O)cs2)cc1. The van der Waals surface area contributed by atoms with Crippen molar-refractivity contribution >= 4 is 32.9 Å². The molecule has 0 atom stereocenters. The third kappa shape index (κ3) is 4.28. The second-order valence-corrected chi connectivity index (χ2v) is 9.20. The predicted molar refractivity (Wildman–Crippen MR) is 126 cm³/mol. The van der Waals surface area contributed by atoms with E-state index in [9.17, 15) is 4.79 Å². The zero-order chi connectivity index (χ0) is 21.2. The number of hydrogen-bond acceptors (Lipinski definition) is 6. The van der Waals surface area contributed by atoms with Crippen LogP contribution >= 0.6 is 22.7 Å². The van der Waals surface area contributed by atoms with Gasteiger partial charge in [0.05, 0.1) is 24.1 Å². The standard InChI is InChI=1S/C24H19N3O2S2/c1-16-7-9-19(10-8-16)29-13-22-26-18(14-30-22)12-27-15-25-20-11-21(31-23(20)24(27)28)17-5-3-2-4-6-17/h2-11,14-15H,12-13H2,1H3. The molecule has 0 spiro atoms. The smallest absolute Gasteiger partial charge is 0.271 e. The fourth-order valence-electron chi connectivity index (χ4n) is 3.24. The van der Waals surface area contributed by atoms with Crippen LogP contribution in [0, 0.1) is 6.92 Å². The van der Waals surface area contributed by atoms with Gasteiger partial charge in [-0.1, -0.05) is 48.0 Å². The number of aryl methyl sites for hydroxylation is 1. The molecule has 2 aromatic carbocycles. The van der Waals surface area contributed by atoms with Gasteiger partial charge in [0.1, 0.15) is 22.1 Å². The predicted octanol–water partition coefficient (Wildman–Crippen LogP) is 5.52. The summed E-state index contributed by atoms with van der Waals surface area (Å²) in [5.74, 6) is 0.820. The van der Waals surface area contributed by atoms with E-state index in [1.165, 1.54) is 28.2 Å². The van der Waals surface area contributed by atoms with Crippen LogP contribution < -0.4 is 10.3 Å². The molecule has 0 saturated heterocycles. The molecule has 0 N–H and O–H groups in total. The summed E-state index contributed by atoms with van der Waals surface area (Å²) in [5.41, 5.74) is 3.81. The molecule has 0 fully saturated rings. The molecule has 0 aliphatic carbocycles. The maximum Gasteiger partial charge on any atom is 0.271 e. The van der Waals surface area contributed by atoms with Crippen LogP contribution in [0.3, 0.4) is 0 Å². The fourth-order valence-corrected chi connectivity index (χ4v) is 5.01. The normalized spacial score (nSPS) is 11.1. The van der Waals surface area contributed by atoms with Crippen LogP contribution in [-0.4, -0.2) is 14.5 Å². The van der Waals surface area contributed by atoms with E-state index >= 15 is 0 Å². The molecule has 5 aromatic rings. The molecular weight excluding hydrogens is 426 g/mol. The van der Waals surface area contributed by atoms with E-state index in [0.29, 0.717) is 17.9 Å². The van der Waals surface area contributed by atoms with Crippen LogP contribution in [0.1, 0.15) is 16.3 Å². The van der Waals surface area contributed by atoms with Crippen molar-refractivity contribution in [2.45, 2.75) is 20.1 Å². The van der Waals surface area contributed by atoms with Gasteiger partial charge in [-0.2, -0.15) is 0 Å². The molecule has 0 aliphatic heterocycles. The number of nitrogens with zero attached hydrogens (tertiary/aromatic N) is 3. The molecule has 7 heteroatoms. The Labute approximate surface area is 187 Å². The molecule has 0 saturated carbocycles. The highest BCUT2D eigenvalue weighted by atomic mass is 32.1. The average Bonchev–Trinajstić information content (AvgIpc) is 3.43. The van der Waals surface area contributed by atoms with E-state index in [1.807, 2.05) is 73.0 Å². The largest absolute Gasteiger partial charge is 0.486 e. The summed E-state index contributed by atoms with van der Waals surface area (Å²) in [7, 11) is 0. The Morgan fingerprint density at radius 2 is 1.87 bits per heavy atom. The van der Waals surface area contributed by atoms with Crippen LogP contribution in [0.2, 0.25) is 0 Å². The highest BCUT2D eigenvalue weighted by Crippen LogP contribution is 2.30. The van der Waals surface area contributed by atoms with Crippen molar-refractivity contribution < 1.29 is 4.74 Å². The first kappa shape index (κ1) is 19.7. The second-order valence-electron chi connectivity index (χ2n) is 7.20. The maximum absolute atomic E-state index is 13.0. The molecule has 3 heterocycles. The first-order valence-electron chi connectivity index (χ1n) is 9.83. The van der Waals surface area contributed by atoms with Crippen molar-refractivity contribution in [3.8, 4) is 16.2 Å². The molecule has 0 aliphatic rings. The summed E-state index contributed by atoms with van der Waals surface area (Å²) in [6.07, 6.45) is 1.61. The minimum Gasteiger partial charge on any atom is -0.486 e. The molecule has 154 valence electrons. The van der Waals surface area contributed by atoms with Crippen molar-refractivity contribution in [2.24, 2.45) is 0 Å². The lowest BCUT2D eigenvalue weighted by atomic mass is 10.2. The lowest BCUT2D eigenvalue weighted by molar-refractivity contribution is 0.305. The average molecular weight is 446 g/mol. The van der Waals surface area contributed by atoms with Crippen LogP contribution in [0.4, 0.5) is 0 Å². The summed E-state index contributed by atoms with van der Waals surface area (Å²) >= 11 is 3.01. The first-order valence-corrected chi connectivity index (χ1v) is 11.5. The molecule has 5 rings (SSSR count). The monoisotopic (exact) mass is 445 g/mol. The van der Waals surface area contributed by atoms with E-state index in [0.717, 1.165) is 32.4 Å².